The normalized spacial score (nSPS) is 12.2. The molecule has 2 aliphatic rings. The molecular weight excluding hydrogens is 350 g/mol. The van der Waals surface area contributed by atoms with E-state index in [1.165, 1.54) is 14.2 Å². The third kappa shape index (κ3) is 3.16. The largest absolute Gasteiger partial charge is 0.493 e. The average Bonchev–Trinajstić information content (AvgIpc) is 2.70. The molecule has 3 rings (SSSR count). The number of rotatable bonds is 5. The maximum absolute atomic E-state index is 12.6. The van der Waals surface area contributed by atoms with Crippen LogP contribution in [0.5, 0.6) is 11.5 Å². The Balaban J connectivity index is 2.33. The number of hydrogen-bond donors (Lipinski definition) is 0. The first-order chi connectivity index (χ1) is 12.9. The summed E-state index contributed by atoms with van der Waals surface area (Å²) in [5.74, 6) is 1.61. The van der Waals surface area contributed by atoms with Crippen LogP contribution in [0.1, 0.15) is 26.3 Å². The van der Waals surface area contributed by atoms with Gasteiger partial charge in [0.25, 0.3) is 5.56 Å². The van der Waals surface area contributed by atoms with Crippen molar-refractivity contribution >= 4 is 0 Å². The van der Waals surface area contributed by atoms with Gasteiger partial charge in [-0.3, -0.25) is 9.36 Å². The van der Waals surface area contributed by atoms with E-state index in [-0.39, 0.29) is 17.6 Å². The Morgan fingerprint density at radius 1 is 1.11 bits per heavy atom. The molecule has 1 unspecified atom stereocenters. The van der Waals surface area contributed by atoms with Crippen LogP contribution in [0.15, 0.2) is 27.8 Å². The minimum absolute atomic E-state index is 0.0756. The van der Waals surface area contributed by atoms with Gasteiger partial charge in [-0.15, -0.1) is 0 Å². The van der Waals surface area contributed by atoms with Crippen molar-refractivity contribution in [1.29, 1.82) is 0 Å². The van der Waals surface area contributed by atoms with Crippen molar-refractivity contribution in [2.75, 3.05) is 14.2 Å². The molecule has 0 bridgehead atoms. The first kappa shape index (κ1) is 18.6. The van der Waals surface area contributed by atoms with Crippen molar-refractivity contribution in [3.8, 4) is 34.4 Å². The molecule has 0 fully saturated rings. The van der Waals surface area contributed by atoms with Gasteiger partial charge in [-0.1, -0.05) is 6.92 Å². The minimum Gasteiger partial charge on any atom is -0.493 e. The van der Waals surface area contributed by atoms with Crippen molar-refractivity contribution < 1.29 is 9.47 Å². The van der Waals surface area contributed by atoms with Gasteiger partial charge in [0.1, 0.15) is 0 Å². The molecule has 0 saturated heterocycles. The molecule has 9 nitrogen and oxygen atoms in total. The van der Waals surface area contributed by atoms with Crippen LogP contribution in [0.4, 0.5) is 0 Å². The highest BCUT2D eigenvalue weighted by Crippen LogP contribution is 2.32. The molecule has 1 atom stereocenters. The van der Waals surface area contributed by atoms with Gasteiger partial charge in [-0.05, 0) is 31.5 Å². The van der Waals surface area contributed by atoms with E-state index in [1.807, 2.05) is 13.8 Å². The summed E-state index contributed by atoms with van der Waals surface area (Å²) in [5.41, 5.74) is -0.393. The van der Waals surface area contributed by atoms with Gasteiger partial charge in [-0.2, -0.15) is 10.1 Å². The number of nitrogens with zero attached hydrogens (tertiary/aromatic N) is 5. The van der Waals surface area contributed by atoms with E-state index in [4.69, 9.17) is 9.47 Å². The van der Waals surface area contributed by atoms with E-state index >= 15 is 0 Å². The van der Waals surface area contributed by atoms with E-state index < -0.39 is 11.2 Å². The van der Waals surface area contributed by atoms with Gasteiger partial charge in [0.05, 0.1) is 20.3 Å². The van der Waals surface area contributed by atoms with Gasteiger partial charge >= 0.3 is 5.69 Å². The molecule has 1 aromatic rings. The van der Waals surface area contributed by atoms with Crippen LogP contribution < -0.4 is 20.7 Å². The third-order valence-corrected chi connectivity index (χ3v) is 4.49. The maximum Gasteiger partial charge on any atom is 0.352 e. The van der Waals surface area contributed by atoms with Crippen LogP contribution in [0.3, 0.4) is 0 Å². The maximum atomic E-state index is 12.6. The molecule has 2 aliphatic heterocycles. The Morgan fingerprint density at radius 3 is 2.44 bits per heavy atom. The monoisotopic (exact) mass is 371 g/mol. The summed E-state index contributed by atoms with van der Waals surface area (Å²) in [4.78, 5) is 33.0. The second-order valence-corrected chi connectivity index (χ2v) is 6.14. The summed E-state index contributed by atoms with van der Waals surface area (Å²) < 4.78 is 13.1. The quantitative estimate of drug-likeness (QED) is 0.670. The summed E-state index contributed by atoms with van der Waals surface area (Å²) in [6, 6.07) is 5.18. The molecule has 0 spiro atoms. The zero-order valence-corrected chi connectivity index (χ0v) is 15.9. The molecule has 0 amide bonds. The van der Waals surface area contributed by atoms with Gasteiger partial charge in [0, 0.05) is 12.6 Å². The average molecular weight is 371 g/mol. The van der Waals surface area contributed by atoms with Crippen molar-refractivity contribution in [2.45, 2.75) is 26.3 Å². The fourth-order valence-electron chi connectivity index (χ4n) is 2.67. The Hall–Kier alpha value is -3.23. The zero-order chi connectivity index (χ0) is 19.7. The summed E-state index contributed by atoms with van der Waals surface area (Å²) in [6.45, 7) is 3.93. The predicted octanol–water partition coefficient (Wildman–Crippen LogP) is 1.49. The lowest BCUT2D eigenvalue weighted by Gasteiger charge is -2.19. The molecule has 142 valence electrons. The molecule has 2 heterocycles. The van der Waals surface area contributed by atoms with Gasteiger partial charge in [0.2, 0.25) is 0 Å². The number of ether oxygens (including phenoxy) is 2. The first-order valence-corrected chi connectivity index (χ1v) is 8.51. The lowest BCUT2D eigenvalue weighted by Crippen LogP contribution is -2.37. The topological polar surface area (TPSA) is 101 Å². The van der Waals surface area contributed by atoms with Crippen molar-refractivity contribution in [2.24, 2.45) is 7.05 Å². The molecule has 0 aliphatic carbocycles. The van der Waals surface area contributed by atoms with Gasteiger partial charge < -0.3 is 9.47 Å². The van der Waals surface area contributed by atoms with E-state index in [2.05, 4.69) is 15.1 Å². The second kappa shape index (κ2) is 7.18. The van der Waals surface area contributed by atoms with E-state index in [1.54, 1.807) is 30.0 Å². The fraction of sp³-hybridized carbons (Fsp3) is 0.389. The molecule has 27 heavy (non-hydrogen) atoms. The first-order valence-electron chi connectivity index (χ1n) is 8.51. The lowest BCUT2D eigenvalue weighted by atomic mass is 10.2. The fourth-order valence-corrected chi connectivity index (χ4v) is 2.67. The lowest BCUT2D eigenvalue weighted by molar-refractivity contribution is 0.355. The molecule has 0 N–H and O–H groups in total. The van der Waals surface area contributed by atoms with Gasteiger partial charge in [0.15, 0.2) is 28.8 Å². The summed E-state index contributed by atoms with van der Waals surface area (Å²) >= 11 is 0. The molecule has 0 radical (unpaired) electrons. The van der Waals surface area contributed by atoms with Gasteiger partial charge in [-0.25, -0.2) is 14.5 Å². The highest BCUT2D eigenvalue weighted by atomic mass is 16.5. The zero-order valence-electron chi connectivity index (χ0n) is 15.9. The Morgan fingerprint density at radius 2 is 1.81 bits per heavy atom. The molecular formula is C18H21N5O4. The Kier molecular flexibility index (Phi) is 4.93. The standard InChI is InChI=1S/C18H21N5O4/c1-6-10(2)23-16-14(17(24)22(3)18(25)20-16)19-15(21-23)11-7-8-12(26-4)13(9-11)27-5/h7-10H,6H2,1-5H3. The second-order valence-electron chi connectivity index (χ2n) is 6.14. The predicted molar refractivity (Wildman–Crippen MR) is 99.5 cm³/mol. The van der Waals surface area contributed by atoms with Crippen LogP contribution >= 0.6 is 0 Å². The highest BCUT2D eigenvalue weighted by molar-refractivity contribution is 5.63. The smallest absolute Gasteiger partial charge is 0.352 e. The Bertz CT molecular complexity index is 1070. The van der Waals surface area contributed by atoms with Crippen LogP contribution in [-0.4, -0.2) is 38.5 Å². The highest BCUT2D eigenvalue weighted by Gasteiger charge is 2.23. The number of aromatic nitrogens is 5. The summed E-state index contributed by atoms with van der Waals surface area (Å²) in [7, 11) is 4.47. The van der Waals surface area contributed by atoms with Crippen LogP contribution in [-0.2, 0) is 7.05 Å². The summed E-state index contributed by atoms with van der Waals surface area (Å²) in [6.07, 6.45) is 0.743. The van der Waals surface area contributed by atoms with Crippen LogP contribution in [0.25, 0.3) is 22.9 Å². The van der Waals surface area contributed by atoms with Crippen LogP contribution in [0, 0.1) is 0 Å². The number of methoxy groups -OCH3 is 2. The minimum atomic E-state index is -0.632. The SMILES string of the molecule is CCC(C)n1nc(-c2ccc(OC)c(OC)c2)nc2c(=O)n(C)c(=O)nc1-2. The third-order valence-electron chi connectivity index (χ3n) is 4.49. The summed E-state index contributed by atoms with van der Waals surface area (Å²) in [5, 5.41) is 4.54. The number of hydrogen-bond acceptors (Lipinski definition) is 7. The van der Waals surface area contributed by atoms with Crippen LogP contribution in [0.2, 0.25) is 0 Å². The number of benzene rings is 1. The van der Waals surface area contributed by atoms with Crippen molar-refractivity contribution in [3.05, 3.63) is 39.0 Å². The Labute approximate surface area is 155 Å². The van der Waals surface area contributed by atoms with Crippen molar-refractivity contribution in [1.82, 2.24) is 24.3 Å². The number of fused-ring (bicyclic) bond motifs is 1. The van der Waals surface area contributed by atoms with Crippen molar-refractivity contribution in [3.63, 3.8) is 0 Å². The molecule has 0 aromatic heterocycles. The van der Waals surface area contributed by atoms with E-state index in [9.17, 15) is 9.59 Å². The van der Waals surface area contributed by atoms with E-state index in [0.717, 1.165) is 11.0 Å². The molecule has 0 saturated carbocycles. The molecule has 1 aromatic carbocycles. The van der Waals surface area contributed by atoms with E-state index in [0.29, 0.717) is 22.9 Å². The molecule has 9 heteroatoms.